The van der Waals surface area contributed by atoms with E-state index in [1.54, 1.807) is 0 Å². The van der Waals surface area contributed by atoms with Crippen LogP contribution in [0.15, 0.2) is 252 Å². The van der Waals surface area contributed by atoms with E-state index in [1.807, 2.05) is 0 Å². The molecule has 11 aromatic rings. The molecule has 1 aromatic heterocycles. The first kappa shape index (κ1) is 40.4. The fourth-order valence-electron chi connectivity index (χ4n) is 9.43. The molecule has 1 unspecified atom stereocenters. The number of fused-ring (bicyclic) bond motifs is 5. The molecule has 0 radical (unpaired) electrons. The third-order valence-electron chi connectivity index (χ3n) is 12.9. The minimum Gasteiger partial charge on any atom is -0.456 e. The molecule has 0 aliphatic rings. The lowest BCUT2D eigenvalue weighted by molar-refractivity contribution is 0.669. The van der Waals surface area contributed by atoms with E-state index in [1.165, 1.54) is 33.0 Å². The molecule has 0 amide bonds. The van der Waals surface area contributed by atoms with Gasteiger partial charge in [-0.2, -0.15) is 0 Å². The largest absolute Gasteiger partial charge is 0.456 e. The van der Waals surface area contributed by atoms with E-state index in [-0.39, 0.29) is 6.04 Å². The normalized spacial score (nSPS) is 12.5. The molecule has 0 aliphatic heterocycles. The van der Waals surface area contributed by atoms with Gasteiger partial charge in [0.15, 0.2) is 0 Å². The van der Waals surface area contributed by atoms with Crippen LogP contribution >= 0.6 is 0 Å². The maximum absolute atomic E-state index is 6.51. The predicted molar refractivity (Wildman–Crippen MR) is 280 cm³/mol. The highest BCUT2D eigenvalue weighted by Gasteiger charge is 2.20. The van der Waals surface area contributed by atoms with Crippen molar-refractivity contribution in [2.75, 3.05) is 0 Å². The molecule has 0 saturated heterocycles. The Bertz CT molecular complexity index is 3570. The summed E-state index contributed by atoms with van der Waals surface area (Å²) in [6.07, 6.45) is 2.26. The molecule has 0 bridgehead atoms. The number of hydrogen-bond acceptors (Lipinski definition) is 2. The van der Waals surface area contributed by atoms with Crippen molar-refractivity contribution in [2.24, 2.45) is 4.99 Å². The second kappa shape index (κ2) is 17.7. The smallest absolute Gasteiger partial charge is 0.136 e. The summed E-state index contributed by atoms with van der Waals surface area (Å²) in [5, 5.41) is 4.64. The van der Waals surface area contributed by atoms with Crippen LogP contribution < -0.4 is 0 Å². The van der Waals surface area contributed by atoms with Crippen molar-refractivity contribution in [1.82, 2.24) is 0 Å². The zero-order valence-electron chi connectivity index (χ0n) is 37.0. The minimum absolute atomic E-state index is 0.0618. The average Bonchev–Trinajstić information content (AvgIpc) is 3.78. The van der Waals surface area contributed by atoms with Gasteiger partial charge in [-0.25, -0.2) is 0 Å². The third kappa shape index (κ3) is 7.95. The number of hydrogen-bond donors (Lipinski definition) is 0. The van der Waals surface area contributed by atoms with E-state index in [9.17, 15) is 0 Å². The first-order valence-electron chi connectivity index (χ1n) is 22.7. The zero-order valence-corrected chi connectivity index (χ0v) is 37.0. The molecule has 0 spiro atoms. The Morgan fingerprint density at radius 3 is 1.67 bits per heavy atom. The Morgan fingerprint density at radius 2 is 0.970 bits per heavy atom. The van der Waals surface area contributed by atoms with Crippen molar-refractivity contribution in [3.05, 3.63) is 259 Å². The third-order valence-corrected chi connectivity index (χ3v) is 12.9. The lowest BCUT2D eigenvalue weighted by Gasteiger charge is -2.20. The molecule has 1 heterocycles. The van der Waals surface area contributed by atoms with Crippen molar-refractivity contribution >= 4 is 44.0 Å². The molecule has 11 rings (SSSR count). The van der Waals surface area contributed by atoms with Gasteiger partial charge in [0, 0.05) is 16.3 Å². The summed E-state index contributed by atoms with van der Waals surface area (Å²) < 4.78 is 6.51. The fourth-order valence-corrected chi connectivity index (χ4v) is 9.43. The van der Waals surface area contributed by atoms with Crippen LogP contribution in [0.1, 0.15) is 36.6 Å². The van der Waals surface area contributed by atoms with E-state index in [0.717, 1.165) is 83.3 Å². The first-order valence-corrected chi connectivity index (χ1v) is 22.7. The van der Waals surface area contributed by atoms with Gasteiger partial charge < -0.3 is 4.42 Å². The molecule has 0 N–H and O–H groups in total. The van der Waals surface area contributed by atoms with Crippen molar-refractivity contribution in [2.45, 2.75) is 19.9 Å². The number of benzene rings is 10. The monoisotopic (exact) mass is 845 g/mol. The molecule has 1 atom stereocenters. The van der Waals surface area contributed by atoms with Gasteiger partial charge in [0.2, 0.25) is 0 Å². The highest BCUT2D eigenvalue weighted by atomic mass is 16.3. The summed E-state index contributed by atoms with van der Waals surface area (Å²) in [6, 6.07) is 84.7. The zero-order chi connectivity index (χ0) is 44.4. The maximum Gasteiger partial charge on any atom is 0.136 e. The van der Waals surface area contributed by atoms with Crippen molar-refractivity contribution in [1.29, 1.82) is 0 Å². The van der Waals surface area contributed by atoms with Gasteiger partial charge >= 0.3 is 0 Å². The van der Waals surface area contributed by atoms with Crippen LogP contribution in [0.25, 0.3) is 93.9 Å². The van der Waals surface area contributed by atoms with Crippen molar-refractivity contribution in [3.8, 4) is 55.6 Å². The number of allylic oxidation sites excluding steroid dienone is 2. The van der Waals surface area contributed by atoms with E-state index >= 15 is 0 Å². The molecule has 0 saturated carbocycles. The van der Waals surface area contributed by atoms with Gasteiger partial charge in [0.1, 0.15) is 11.2 Å². The van der Waals surface area contributed by atoms with Crippen LogP contribution in [-0.2, 0) is 0 Å². The standard InChI is InChI=1S/C64H47NO/c1-43(45-30-32-49(33-31-45)47-20-9-4-10-21-47)38-60(65-44(2)46-18-7-3-8-19-46)54-28-17-27-52(39-54)57-41-55(48-22-11-5-12-23-48)42-58(63(57)51-25-13-6-14-26-51)53-35-36-61-59(40-53)64-56-29-16-15-24-50(56)34-37-62(64)66-61/h3-42,44H,1-2H3/b43-38+,65-60?. The van der Waals surface area contributed by atoms with Crippen LogP contribution in [0.5, 0.6) is 0 Å². The van der Waals surface area contributed by atoms with Crippen LogP contribution in [0.3, 0.4) is 0 Å². The summed E-state index contributed by atoms with van der Waals surface area (Å²) >= 11 is 0. The van der Waals surface area contributed by atoms with Gasteiger partial charge in [-0.3, -0.25) is 4.99 Å². The van der Waals surface area contributed by atoms with Gasteiger partial charge in [-0.05, 0) is 139 Å². The molecular weight excluding hydrogens is 799 g/mol. The quantitative estimate of drug-likeness (QED) is 0.126. The van der Waals surface area contributed by atoms with Gasteiger partial charge in [0.25, 0.3) is 0 Å². The summed E-state index contributed by atoms with van der Waals surface area (Å²) in [6.45, 7) is 4.37. The second-order valence-electron chi connectivity index (χ2n) is 17.1. The molecule has 0 aliphatic carbocycles. The molecule has 314 valence electrons. The Hall–Kier alpha value is -8.33. The second-order valence-corrected chi connectivity index (χ2v) is 17.1. The molecule has 2 heteroatoms. The number of rotatable bonds is 10. The highest BCUT2D eigenvalue weighted by molar-refractivity contribution is 6.19. The lowest BCUT2D eigenvalue weighted by atomic mass is 9.84. The molecule has 0 fully saturated rings. The van der Waals surface area contributed by atoms with E-state index in [4.69, 9.17) is 9.41 Å². The summed E-state index contributed by atoms with van der Waals surface area (Å²) in [5.41, 5.74) is 18.8. The summed E-state index contributed by atoms with van der Waals surface area (Å²) in [7, 11) is 0. The first-order chi connectivity index (χ1) is 32.5. The van der Waals surface area contributed by atoms with Gasteiger partial charge in [0.05, 0.1) is 11.8 Å². The Balaban J connectivity index is 1.11. The maximum atomic E-state index is 6.51. The van der Waals surface area contributed by atoms with Gasteiger partial charge in [-0.1, -0.05) is 200 Å². The number of aliphatic imine (C=N–C) groups is 1. The summed E-state index contributed by atoms with van der Waals surface area (Å²) in [5.74, 6) is 0. The van der Waals surface area contributed by atoms with E-state index in [0.29, 0.717) is 0 Å². The van der Waals surface area contributed by atoms with Crippen LogP contribution in [0.4, 0.5) is 0 Å². The Morgan fingerprint density at radius 1 is 0.424 bits per heavy atom. The molecule has 2 nitrogen and oxygen atoms in total. The molecule has 66 heavy (non-hydrogen) atoms. The van der Waals surface area contributed by atoms with Gasteiger partial charge in [-0.15, -0.1) is 0 Å². The topological polar surface area (TPSA) is 25.5 Å². The fraction of sp³-hybridized carbons (Fsp3) is 0.0469. The Labute approximate surface area is 386 Å². The van der Waals surface area contributed by atoms with Crippen molar-refractivity contribution in [3.63, 3.8) is 0 Å². The van der Waals surface area contributed by atoms with E-state index < -0.39 is 0 Å². The van der Waals surface area contributed by atoms with Crippen LogP contribution in [0.2, 0.25) is 0 Å². The molecule has 10 aromatic carbocycles. The molecular formula is C64H47NO. The number of nitrogens with zero attached hydrogens (tertiary/aromatic N) is 1. The SMILES string of the molecule is C/C(=C\C(=NC(C)c1ccccc1)c1cccc(-c2cc(-c3ccccc3)cc(-c3ccc4oc5ccc6ccccc6c5c4c3)c2-c2ccccc2)c1)c1ccc(-c2ccccc2)cc1. The van der Waals surface area contributed by atoms with Crippen molar-refractivity contribution < 1.29 is 4.42 Å². The number of furan rings is 1. The van der Waals surface area contributed by atoms with Crippen LogP contribution in [-0.4, -0.2) is 5.71 Å². The van der Waals surface area contributed by atoms with E-state index in [2.05, 4.69) is 257 Å². The van der Waals surface area contributed by atoms with Crippen LogP contribution in [0, 0.1) is 0 Å². The Kier molecular flexibility index (Phi) is 10.8. The summed E-state index contributed by atoms with van der Waals surface area (Å²) in [4.78, 5) is 5.49. The highest BCUT2D eigenvalue weighted by Crippen LogP contribution is 2.45. The lowest BCUT2D eigenvalue weighted by Crippen LogP contribution is -2.03. The average molecular weight is 846 g/mol. The predicted octanol–water partition coefficient (Wildman–Crippen LogP) is 17.7. The minimum atomic E-state index is -0.0618.